The van der Waals surface area contributed by atoms with E-state index >= 15 is 0 Å². The average molecular weight is 216 g/mol. The summed E-state index contributed by atoms with van der Waals surface area (Å²) in [4.78, 5) is 14.3. The van der Waals surface area contributed by atoms with Crippen LogP contribution >= 0.6 is 15.9 Å². The van der Waals surface area contributed by atoms with Gasteiger partial charge in [-0.2, -0.15) is 0 Å². The fraction of sp³-hybridized carbons (Fsp3) is 0.143. The van der Waals surface area contributed by atoms with E-state index in [-0.39, 0.29) is 5.56 Å². The molecule has 0 saturated heterocycles. The van der Waals surface area contributed by atoms with E-state index in [0.717, 1.165) is 5.56 Å². The molecule has 1 N–H and O–H groups in total. The number of nitrogens with zero attached hydrogens (tertiary/aromatic N) is 1. The van der Waals surface area contributed by atoms with Gasteiger partial charge in [0, 0.05) is 6.20 Å². The van der Waals surface area contributed by atoms with E-state index in [4.69, 9.17) is 5.11 Å². The molecule has 0 bridgehead atoms. The molecule has 0 atom stereocenters. The minimum Gasteiger partial charge on any atom is -0.478 e. The van der Waals surface area contributed by atoms with E-state index in [9.17, 15) is 4.79 Å². The van der Waals surface area contributed by atoms with Crippen molar-refractivity contribution < 1.29 is 9.90 Å². The van der Waals surface area contributed by atoms with E-state index in [1.165, 1.54) is 0 Å². The van der Waals surface area contributed by atoms with Crippen molar-refractivity contribution in [2.24, 2.45) is 0 Å². The number of hydrogen-bond donors (Lipinski definition) is 1. The molecule has 1 aromatic heterocycles. The van der Waals surface area contributed by atoms with Gasteiger partial charge in [0.1, 0.15) is 4.60 Å². The maximum absolute atomic E-state index is 10.5. The Bertz CT molecular complexity index is 298. The van der Waals surface area contributed by atoms with Crippen LogP contribution in [0.2, 0.25) is 0 Å². The van der Waals surface area contributed by atoms with E-state index < -0.39 is 5.97 Å². The highest BCUT2D eigenvalue weighted by molar-refractivity contribution is 9.10. The maximum Gasteiger partial charge on any atom is 0.338 e. The van der Waals surface area contributed by atoms with Crippen molar-refractivity contribution in [3.63, 3.8) is 0 Å². The molecule has 0 unspecified atom stereocenters. The molecule has 0 aliphatic carbocycles. The first-order valence-corrected chi connectivity index (χ1v) is 3.76. The van der Waals surface area contributed by atoms with Gasteiger partial charge in [0.2, 0.25) is 0 Å². The molecule has 1 heterocycles. The summed E-state index contributed by atoms with van der Waals surface area (Å²) in [5, 5.41) is 8.62. The third kappa shape index (κ3) is 1.77. The zero-order valence-electron chi connectivity index (χ0n) is 5.84. The second-order valence-corrected chi connectivity index (χ2v) is 2.91. The van der Waals surface area contributed by atoms with Gasteiger partial charge in [0.05, 0.1) is 5.56 Å². The lowest BCUT2D eigenvalue weighted by atomic mass is 10.2. The van der Waals surface area contributed by atoms with Gasteiger partial charge in [0.25, 0.3) is 0 Å². The Morgan fingerprint density at radius 1 is 1.73 bits per heavy atom. The van der Waals surface area contributed by atoms with Crippen LogP contribution in [0.25, 0.3) is 0 Å². The van der Waals surface area contributed by atoms with E-state index in [0.29, 0.717) is 4.60 Å². The van der Waals surface area contributed by atoms with Gasteiger partial charge < -0.3 is 5.11 Å². The quantitative estimate of drug-likeness (QED) is 0.728. The Balaban J connectivity index is 3.23. The maximum atomic E-state index is 10.5. The molecule has 0 radical (unpaired) electrons. The summed E-state index contributed by atoms with van der Waals surface area (Å²) in [7, 11) is 0. The van der Waals surface area contributed by atoms with Crippen LogP contribution < -0.4 is 0 Å². The number of aromatic carboxylic acids is 1. The summed E-state index contributed by atoms with van der Waals surface area (Å²) < 4.78 is 0.371. The molecule has 1 aromatic rings. The van der Waals surface area contributed by atoms with Crippen LogP contribution in [0.4, 0.5) is 0 Å². The zero-order chi connectivity index (χ0) is 8.43. The number of aromatic nitrogens is 1. The summed E-state index contributed by atoms with van der Waals surface area (Å²) in [6.45, 7) is 1.80. The number of carboxylic acids is 1. The molecule has 0 aromatic carbocycles. The van der Waals surface area contributed by atoms with E-state index in [1.807, 2.05) is 0 Å². The van der Waals surface area contributed by atoms with Crippen LogP contribution in [0.15, 0.2) is 16.9 Å². The SMILES string of the molecule is Cc1cnc(Br)c(C(=O)O)c1. The van der Waals surface area contributed by atoms with Gasteiger partial charge in [0.15, 0.2) is 0 Å². The van der Waals surface area contributed by atoms with Crippen molar-refractivity contribution in [1.82, 2.24) is 4.98 Å². The summed E-state index contributed by atoms with van der Waals surface area (Å²) in [6, 6.07) is 1.57. The summed E-state index contributed by atoms with van der Waals surface area (Å²) >= 11 is 3.04. The number of aryl methyl sites for hydroxylation is 1. The number of rotatable bonds is 1. The lowest BCUT2D eigenvalue weighted by Crippen LogP contribution is -1.99. The standard InChI is InChI=1S/C7H6BrNO2/c1-4-2-5(7(10)11)6(8)9-3-4/h2-3H,1H3,(H,10,11). The van der Waals surface area contributed by atoms with Crippen molar-refractivity contribution >= 4 is 21.9 Å². The third-order valence-electron chi connectivity index (χ3n) is 1.21. The smallest absolute Gasteiger partial charge is 0.338 e. The van der Waals surface area contributed by atoms with Crippen LogP contribution in [-0.4, -0.2) is 16.1 Å². The first-order valence-electron chi connectivity index (χ1n) is 2.96. The van der Waals surface area contributed by atoms with Gasteiger partial charge >= 0.3 is 5.97 Å². The highest BCUT2D eigenvalue weighted by Crippen LogP contribution is 2.14. The van der Waals surface area contributed by atoms with Crippen LogP contribution in [0.1, 0.15) is 15.9 Å². The molecular formula is C7H6BrNO2. The number of carbonyl (C=O) groups is 1. The van der Waals surface area contributed by atoms with Crippen molar-refractivity contribution in [1.29, 1.82) is 0 Å². The fourth-order valence-electron chi connectivity index (χ4n) is 0.702. The molecule has 0 fully saturated rings. The number of hydrogen-bond acceptors (Lipinski definition) is 2. The molecule has 0 amide bonds. The number of halogens is 1. The first kappa shape index (κ1) is 8.20. The van der Waals surface area contributed by atoms with Gasteiger partial charge in [-0.15, -0.1) is 0 Å². The van der Waals surface area contributed by atoms with Gasteiger partial charge in [-0.05, 0) is 34.5 Å². The first-order chi connectivity index (χ1) is 5.11. The van der Waals surface area contributed by atoms with Gasteiger partial charge in [-0.25, -0.2) is 9.78 Å². The fourth-order valence-corrected chi connectivity index (χ4v) is 1.09. The van der Waals surface area contributed by atoms with Crippen LogP contribution in [0.5, 0.6) is 0 Å². The van der Waals surface area contributed by atoms with Crippen LogP contribution in [0, 0.1) is 6.92 Å². The molecule has 0 spiro atoms. The minimum absolute atomic E-state index is 0.199. The molecule has 1 rings (SSSR count). The minimum atomic E-state index is -0.965. The Morgan fingerprint density at radius 3 is 2.82 bits per heavy atom. The molecule has 4 heteroatoms. The van der Waals surface area contributed by atoms with Crippen LogP contribution in [0.3, 0.4) is 0 Å². The Morgan fingerprint density at radius 2 is 2.36 bits per heavy atom. The predicted molar refractivity (Wildman–Crippen MR) is 43.6 cm³/mol. The van der Waals surface area contributed by atoms with E-state index in [2.05, 4.69) is 20.9 Å². The Hall–Kier alpha value is -0.900. The highest BCUT2D eigenvalue weighted by Gasteiger charge is 2.08. The Kier molecular flexibility index (Phi) is 2.24. The highest BCUT2D eigenvalue weighted by atomic mass is 79.9. The summed E-state index contributed by atoms with van der Waals surface area (Å²) in [6.07, 6.45) is 1.61. The normalized spacial score (nSPS) is 9.64. The second kappa shape index (κ2) is 3.00. The van der Waals surface area contributed by atoms with Crippen molar-refractivity contribution in [3.05, 3.63) is 28.0 Å². The van der Waals surface area contributed by atoms with Crippen molar-refractivity contribution in [2.45, 2.75) is 6.92 Å². The predicted octanol–water partition coefficient (Wildman–Crippen LogP) is 1.85. The molecule has 58 valence electrons. The summed E-state index contributed by atoms with van der Waals surface area (Å²) in [5.41, 5.74) is 1.04. The molecular weight excluding hydrogens is 210 g/mol. The monoisotopic (exact) mass is 215 g/mol. The lowest BCUT2D eigenvalue weighted by molar-refractivity contribution is 0.0695. The molecule has 0 saturated carbocycles. The zero-order valence-corrected chi connectivity index (χ0v) is 7.42. The molecule has 11 heavy (non-hydrogen) atoms. The Labute approximate surface area is 72.2 Å². The van der Waals surface area contributed by atoms with Crippen molar-refractivity contribution in [3.8, 4) is 0 Å². The van der Waals surface area contributed by atoms with Gasteiger partial charge in [-0.1, -0.05) is 0 Å². The van der Waals surface area contributed by atoms with Crippen molar-refractivity contribution in [2.75, 3.05) is 0 Å². The average Bonchev–Trinajstić information content (AvgIpc) is 1.94. The number of carboxylic acid groups (broad SMARTS) is 1. The van der Waals surface area contributed by atoms with Crippen LogP contribution in [-0.2, 0) is 0 Å². The van der Waals surface area contributed by atoms with Gasteiger partial charge in [-0.3, -0.25) is 0 Å². The molecule has 0 aliphatic rings. The number of pyridine rings is 1. The van der Waals surface area contributed by atoms with E-state index in [1.54, 1.807) is 19.2 Å². The third-order valence-corrected chi connectivity index (χ3v) is 1.84. The topological polar surface area (TPSA) is 50.2 Å². The lowest BCUT2D eigenvalue weighted by Gasteiger charge is -1.97. The molecule has 0 aliphatic heterocycles. The largest absolute Gasteiger partial charge is 0.478 e. The molecule has 3 nitrogen and oxygen atoms in total. The summed E-state index contributed by atoms with van der Waals surface area (Å²) in [5.74, 6) is -0.965. The second-order valence-electron chi connectivity index (χ2n) is 2.16.